The minimum Gasteiger partial charge on any atom is -0.444 e. The molecule has 22 heavy (non-hydrogen) atoms. The van der Waals surface area contributed by atoms with Crippen molar-refractivity contribution in [3.8, 4) is 0 Å². The van der Waals surface area contributed by atoms with Crippen LogP contribution >= 0.6 is 15.9 Å². The summed E-state index contributed by atoms with van der Waals surface area (Å²) in [6, 6.07) is 2.65. The van der Waals surface area contributed by atoms with E-state index in [4.69, 9.17) is 4.74 Å². The minimum atomic E-state index is -0.442. The van der Waals surface area contributed by atoms with Gasteiger partial charge >= 0.3 is 6.09 Å². The number of hydrogen-bond donors (Lipinski definition) is 0. The maximum absolute atomic E-state index is 12.3. The molecule has 1 aromatic rings. The third kappa shape index (κ3) is 2.93. The number of ether oxygens (including phenoxy) is 1. The summed E-state index contributed by atoms with van der Waals surface area (Å²) in [6.07, 6.45) is 2.64. The Morgan fingerprint density at radius 2 is 2.09 bits per heavy atom. The van der Waals surface area contributed by atoms with Gasteiger partial charge in [0.1, 0.15) is 11.4 Å². The molecule has 2 fully saturated rings. The van der Waals surface area contributed by atoms with Crippen LogP contribution in [0.4, 0.5) is 10.6 Å². The van der Waals surface area contributed by atoms with E-state index in [0.717, 1.165) is 35.4 Å². The normalized spacial score (nSPS) is 24.0. The first-order valence-electron chi connectivity index (χ1n) is 7.63. The van der Waals surface area contributed by atoms with Gasteiger partial charge in [-0.2, -0.15) is 0 Å². The average molecular weight is 368 g/mol. The minimum absolute atomic E-state index is 0.194. The number of likely N-dealkylation sites (tertiary alicyclic amines) is 1. The lowest BCUT2D eigenvalue weighted by atomic mass is 10.2. The van der Waals surface area contributed by atoms with Gasteiger partial charge in [0.25, 0.3) is 0 Å². The zero-order chi connectivity index (χ0) is 16.1. The summed E-state index contributed by atoms with van der Waals surface area (Å²) < 4.78 is 6.50. The van der Waals surface area contributed by atoms with E-state index in [1.807, 2.05) is 31.9 Å². The molecule has 0 aliphatic carbocycles. The number of nitrogens with zero attached hydrogens (tertiary/aromatic N) is 3. The predicted molar refractivity (Wildman–Crippen MR) is 89.2 cm³/mol. The van der Waals surface area contributed by atoms with E-state index in [9.17, 15) is 4.79 Å². The van der Waals surface area contributed by atoms with Gasteiger partial charge in [-0.1, -0.05) is 0 Å². The molecule has 0 radical (unpaired) electrons. The highest BCUT2D eigenvalue weighted by atomic mass is 79.9. The largest absolute Gasteiger partial charge is 0.444 e. The second-order valence-corrected chi connectivity index (χ2v) is 8.04. The number of carbonyl (C=O) groups is 1. The maximum atomic E-state index is 12.3. The molecule has 0 aromatic carbocycles. The standard InChI is InChI=1S/C16H22BrN3O2/c1-10-5-11(17)7-18-14(10)19-8-13-6-12(19)9-20(13)15(21)22-16(2,3)4/h5,7,12-13H,6,8-9H2,1-4H3/t12-,13-/m1/s1. The number of anilines is 1. The molecule has 0 spiro atoms. The molecule has 0 unspecified atom stereocenters. The summed E-state index contributed by atoms with van der Waals surface area (Å²) in [6.45, 7) is 9.34. The van der Waals surface area contributed by atoms with Crippen molar-refractivity contribution in [1.29, 1.82) is 0 Å². The molecule has 3 rings (SSSR count). The summed E-state index contributed by atoms with van der Waals surface area (Å²) in [4.78, 5) is 21.0. The van der Waals surface area contributed by atoms with Gasteiger partial charge in [-0.25, -0.2) is 9.78 Å². The number of halogens is 1. The van der Waals surface area contributed by atoms with Crippen molar-refractivity contribution in [2.24, 2.45) is 0 Å². The van der Waals surface area contributed by atoms with Crippen LogP contribution in [0, 0.1) is 6.92 Å². The van der Waals surface area contributed by atoms with E-state index in [2.05, 4.69) is 38.8 Å². The number of pyridine rings is 1. The van der Waals surface area contributed by atoms with Crippen LogP contribution < -0.4 is 4.90 Å². The Bertz CT molecular complexity index is 600. The molecule has 2 atom stereocenters. The van der Waals surface area contributed by atoms with Gasteiger partial charge < -0.3 is 14.5 Å². The van der Waals surface area contributed by atoms with Crippen LogP contribution in [0.25, 0.3) is 0 Å². The molecular formula is C16H22BrN3O2. The van der Waals surface area contributed by atoms with Crippen molar-refractivity contribution < 1.29 is 9.53 Å². The fraction of sp³-hybridized carbons (Fsp3) is 0.625. The highest BCUT2D eigenvalue weighted by molar-refractivity contribution is 9.10. The SMILES string of the molecule is Cc1cc(Br)cnc1N1C[C@H]2C[C@@H]1CN2C(=O)OC(C)(C)C. The molecule has 0 saturated carbocycles. The molecule has 2 saturated heterocycles. The molecule has 1 amide bonds. The molecule has 2 aliphatic heterocycles. The Morgan fingerprint density at radius 3 is 2.64 bits per heavy atom. The summed E-state index contributed by atoms with van der Waals surface area (Å²) in [7, 11) is 0. The van der Waals surface area contributed by atoms with Crippen molar-refractivity contribution in [2.75, 3.05) is 18.0 Å². The molecular weight excluding hydrogens is 346 g/mol. The first-order chi connectivity index (χ1) is 10.2. The molecule has 5 nitrogen and oxygen atoms in total. The zero-order valence-electron chi connectivity index (χ0n) is 13.5. The molecule has 6 heteroatoms. The third-order valence-corrected chi connectivity index (χ3v) is 4.59. The first-order valence-corrected chi connectivity index (χ1v) is 8.42. The van der Waals surface area contributed by atoms with Crippen molar-refractivity contribution >= 4 is 27.8 Å². The lowest BCUT2D eigenvalue weighted by molar-refractivity contribution is 0.0214. The van der Waals surface area contributed by atoms with Gasteiger partial charge in [0, 0.05) is 23.8 Å². The van der Waals surface area contributed by atoms with Crippen molar-refractivity contribution in [3.05, 3.63) is 22.3 Å². The van der Waals surface area contributed by atoms with E-state index in [-0.39, 0.29) is 12.1 Å². The summed E-state index contributed by atoms with van der Waals surface area (Å²) >= 11 is 3.45. The molecule has 1 aromatic heterocycles. The van der Waals surface area contributed by atoms with Crippen LogP contribution in [0.1, 0.15) is 32.8 Å². The summed E-state index contributed by atoms with van der Waals surface area (Å²) in [5.74, 6) is 1.03. The Labute approximate surface area is 139 Å². The Kier molecular flexibility index (Phi) is 3.83. The Morgan fingerprint density at radius 1 is 1.36 bits per heavy atom. The molecule has 0 N–H and O–H groups in total. The lowest BCUT2D eigenvalue weighted by Crippen LogP contribution is -2.50. The molecule has 2 bridgehead atoms. The van der Waals surface area contributed by atoms with Crippen LogP contribution in [0.5, 0.6) is 0 Å². The van der Waals surface area contributed by atoms with E-state index >= 15 is 0 Å². The maximum Gasteiger partial charge on any atom is 0.410 e. The number of aryl methyl sites for hydroxylation is 1. The number of amides is 1. The topological polar surface area (TPSA) is 45.7 Å². The Hall–Kier alpha value is -1.30. The van der Waals surface area contributed by atoms with Crippen LogP contribution in [-0.2, 0) is 4.74 Å². The van der Waals surface area contributed by atoms with E-state index in [1.54, 1.807) is 0 Å². The number of aromatic nitrogens is 1. The lowest BCUT2D eigenvalue weighted by Gasteiger charge is -2.36. The number of piperazine rings is 1. The van der Waals surface area contributed by atoms with Gasteiger partial charge in [0.05, 0.1) is 12.1 Å². The van der Waals surface area contributed by atoms with Crippen LogP contribution in [0.15, 0.2) is 16.7 Å². The molecule has 2 aliphatic rings. The smallest absolute Gasteiger partial charge is 0.410 e. The second-order valence-electron chi connectivity index (χ2n) is 7.12. The second kappa shape index (κ2) is 5.41. The highest BCUT2D eigenvalue weighted by Crippen LogP contribution is 2.36. The van der Waals surface area contributed by atoms with Crippen LogP contribution in [0.2, 0.25) is 0 Å². The number of rotatable bonds is 1. The number of hydrogen-bond acceptors (Lipinski definition) is 4. The fourth-order valence-electron chi connectivity index (χ4n) is 3.30. The van der Waals surface area contributed by atoms with E-state index < -0.39 is 5.60 Å². The summed E-state index contributed by atoms with van der Waals surface area (Å²) in [5, 5.41) is 0. The van der Waals surface area contributed by atoms with Crippen molar-refractivity contribution in [2.45, 2.75) is 51.8 Å². The quantitative estimate of drug-likeness (QED) is 0.763. The number of fused-ring (bicyclic) bond motifs is 2. The van der Waals surface area contributed by atoms with Gasteiger partial charge in [-0.3, -0.25) is 0 Å². The summed E-state index contributed by atoms with van der Waals surface area (Å²) in [5.41, 5.74) is 0.716. The third-order valence-electron chi connectivity index (χ3n) is 4.16. The first kappa shape index (κ1) is 15.6. The zero-order valence-corrected chi connectivity index (χ0v) is 15.1. The van der Waals surface area contributed by atoms with Crippen LogP contribution in [-0.4, -0.2) is 46.8 Å². The van der Waals surface area contributed by atoms with Gasteiger partial charge in [0.15, 0.2) is 0 Å². The predicted octanol–water partition coefficient (Wildman–Crippen LogP) is 3.35. The monoisotopic (exact) mass is 367 g/mol. The fourth-order valence-corrected chi connectivity index (χ4v) is 3.75. The highest BCUT2D eigenvalue weighted by Gasteiger charge is 2.47. The van der Waals surface area contributed by atoms with E-state index in [1.165, 1.54) is 0 Å². The van der Waals surface area contributed by atoms with Crippen molar-refractivity contribution in [1.82, 2.24) is 9.88 Å². The average Bonchev–Trinajstić information content (AvgIpc) is 2.96. The molecule has 3 heterocycles. The number of carbonyl (C=O) groups excluding carboxylic acids is 1. The van der Waals surface area contributed by atoms with Gasteiger partial charge in [-0.05, 0) is 61.7 Å². The Balaban J connectivity index is 1.71. The molecule has 120 valence electrons. The van der Waals surface area contributed by atoms with Crippen molar-refractivity contribution in [3.63, 3.8) is 0 Å². The van der Waals surface area contributed by atoms with Gasteiger partial charge in [0.2, 0.25) is 0 Å². The van der Waals surface area contributed by atoms with E-state index in [0.29, 0.717) is 6.04 Å². The van der Waals surface area contributed by atoms with Crippen LogP contribution in [0.3, 0.4) is 0 Å². The van der Waals surface area contributed by atoms with Gasteiger partial charge in [-0.15, -0.1) is 0 Å².